The van der Waals surface area contributed by atoms with Gasteiger partial charge in [0, 0.05) is 13.1 Å². The van der Waals surface area contributed by atoms with Crippen molar-refractivity contribution < 1.29 is 9.59 Å². The van der Waals surface area contributed by atoms with E-state index in [-0.39, 0.29) is 5.91 Å². The van der Waals surface area contributed by atoms with Gasteiger partial charge in [0.25, 0.3) is 5.91 Å². The van der Waals surface area contributed by atoms with Crippen molar-refractivity contribution in [2.24, 2.45) is 5.10 Å². The monoisotopic (exact) mass is 260 g/mol. The Morgan fingerprint density at radius 2 is 2.32 bits per heavy atom. The van der Waals surface area contributed by atoms with E-state index < -0.39 is 11.9 Å². The minimum absolute atomic E-state index is 0.325. The average molecular weight is 260 g/mol. The number of carbonyl (C=O) groups excluding carboxylic acids is 2. The van der Waals surface area contributed by atoms with Crippen molar-refractivity contribution in [3.8, 4) is 0 Å². The van der Waals surface area contributed by atoms with Gasteiger partial charge in [-0.15, -0.1) is 0 Å². The van der Waals surface area contributed by atoms with E-state index in [4.69, 9.17) is 0 Å². The first-order chi connectivity index (χ1) is 9.16. The molecule has 2 rings (SSSR count). The van der Waals surface area contributed by atoms with Gasteiger partial charge in [-0.2, -0.15) is 5.10 Å². The van der Waals surface area contributed by atoms with Crippen molar-refractivity contribution in [1.82, 2.24) is 16.1 Å². The van der Waals surface area contributed by atoms with Crippen molar-refractivity contribution in [1.29, 1.82) is 0 Å². The predicted molar refractivity (Wildman–Crippen MR) is 71.7 cm³/mol. The van der Waals surface area contributed by atoms with Crippen molar-refractivity contribution >= 4 is 18.0 Å². The summed E-state index contributed by atoms with van der Waals surface area (Å²) in [6.07, 6.45) is 1.55. The molecule has 0 spiro atoms. The predicted octanol–water partition coefficient (Wildman–Crippen LogP) is -0.467. The van der Waals surface area contributed by atoms with Crippen LogP contribution in [0.5, 0.6) is 0 Å². The van der Waals surface area contributed by atoms with E-state index in [2.05, 4.69) is 21.2 Å². The van der Waals surface area contributed by atoms with Gasteiger partial charge in [0.15, 0.2) is 6.04 Å². The summed E-state index contributed by atoms with van der Waals surface area (Å²) in [5.74, 6) is -0.782. The lowest BCUT2D eigenvalue weighted by Crippen LogP contribution is -2.58. The molecule has 0 unspecified atom stereocenters. The molecule has 0 aliphatic carbocycles. The first-order valence-electron chi connectivity index (χ1n) is 6.07. The Morgan fingerprint density at radius 3 is 3.05 bits per heavy atom. The zero-order valence-electron chi connectivity index (χ0n) is 10.6. The second kappa shape index (κ2) is 6.10. The third kappa shape index (κ3) is 3.62. The summed E-state index contributed by atoms with van der Waals surface area (Å²) in [6.45, 7) is 3.09. The Bertz CT molecular complexity index is 513. The first kappa shape index (κ1) is 13.2. The molecular formula is C13H16N4O2. The molecule has 1 fully saturated rings. The average Bonchev–Trinajstić information content (AvgIpc) is 2.39. The van der Waals surface area contributed by atoms with E-state index in [9.17, 15) is 9.59 Å². The van der Waals surface area contributed by atoms with Crippen LogP contribution in [0.1, 0.15) is 11.1 Å². The van der Waals surface area contributed by atoms with Crippen LogP contribution in [0.3, 0.4) is 0 Å². The Kier molecular flexibility index (Phi) is 4.25. The van der Waals surface area contributed by atoms with Gasteiger partial charge >= 0.3 is 0 Å². The maximum atomic E-state index is 11.7. The van der Waals surface area contributed by atoms with Gasteiger partial charge in [-0.3, -0.25) is 14.9 Å². The van der Waals surface area contributed by atoms with Crippen LogP contribution >= 0.6 is 0 Å². The number of aryl methyl sites for hydroxylation is 1. The quantitative estimate of drug-likeness (QED) is 0.390. The number of nitrogens with zero attached hydrogens (tertiary/aromatic N) is 1. The summed E-state index contributed by atoms with van der Waals surface area (Å²) in [4.78, 5) is 23.1. The molecule has 2 amide bonds. The molecular weight excluding hydrogens is 244 g/mol. The van der Waals surface area contributed by atoms with Crippen molar-refractivity contribution in [3.63, 3.8) is 0 Å². The number of hydrogen-bond donors (Lipinski definition) is 3. The zero-order valence-corrected chi connectivity index (χ0v) is 10.6. The molecule has 19 heavy (non-hydrogen) atoms. The van der Waals surface area contributed by atoms with E-state index in [0.29, 0.717) is 13.1 Å². The highest BCUT2D eigenvalue weighted by Gasteiger charge is 2.28. The highest BCUT2D eigenvalue weighted by molar-refractivity contribution is 6.04. The molecule has 0 aromatic heterocycles. The summed E-state index contributed by atoms with van der Waals surface area (Å²) in [6, 6.07) is 6.85. The van der Waals surface area contributed by atoms with E-state index in [1.165, 1.54) is 0 Å². The Hall–Kier alpha value is -2.21. The lowest BCUT2D eigenvalue weighted by molar-refractivity contribution is -0.133. The maximum Gasteiger partial charge on any atom is 0.266 e. The Morgan fingerprint density at radius 1 is 1.47 bits per heavy atom. The molecule has 1 aliphatic rings. The van der Waals surface area contributed by atoms with Crippen molar-refractivity contribution in [2.75, 3.05) is 13.1 Å². The number of benzene rings is 1. The van der Waals surface area contributed by atoms with E-state index in [1.807, 2.05) is 31.2 Å². The topological polar surface area (TPSA) is 82.6 Å². The SMILES string of the molecule is Cc1cccc(/C=N\NC(=O)[C@@H]2NCCNC2=O)c1. The van der Waals surface area contributed by atoms with Gasteiger partial charge in [0.1, 0.15) is 0 Å². The maximum absolute atomic E-state index is 11.7. The van der Waals surface area contributed by atoms with Crippen LogP contribution in [0.15, 0.2) is 29.4 Å². The van der Waals surface area contributed by atoms with Gasteiger partial charge < -0.3 is 5.32 Å². The highest BCUT2D eigenvalue weighted by Crippen LogP contribution is 2.00. The van der Waals surface area contributed by atoms with Crippen LogP contribution in [0.4, 0.5) is 0 Å². The number of piperazine rings is 1. The first-order valence-corrected chi connectivity index (χ1v) is 6.07. The molecule has 1 atom stereocenters. The second-order valence-corrected chi connectivity index (χ2v) is 4.33. The molecule has 1 aromatic carbocycles. The summed E-state index contributed by atoms with van der Waals surface area (Å²) in [7, 11) is 0. The standard InChI is InChI=1S/C13H16N4O2/c1-9-3-2-4-10(7-9)8-16-17-13(19)11-12(18)15-6-5-14-11/h2-4,7-8,11,14H,5-6H2,1H3,(H,15,18)(H,17,19)/b16-8-/t11-/m1/s1. The Balaban J connectivity index is 1.91. The number of hydrogen-bond acceptors (Lipinski definition) is 4. The number of hydrazone groups is 1. The molecule has 1 aliphatic heterocycles. The lowest BCUT2D eigenvalue weighted by Gasteiger charge is -2.21. The van der Waals surface area contributed by atoms with Crippen LogP contribution in [0.2, 0.25) is 0 Å². The van der Waals surface area contributed by atoms with E-state index in [0.717, 1.165) is 11.1 Å². The fourth-order valence-corrected chi connectivity index (χ4v) is 1.79. The molecule has 100 valence electrons. The third-order valence-electron chi connectivity index (χ3n) is 2.73. The molecule has 6 nitrogen and oxygen atoms in total. The molecule has 3 N–H and O–H groups in total. The van der Waals surface area contributed by atoms with Crippen molar-refractivity contribution in [3.05, 3.63) is 35.4 Å². The number of carbonyl (C=O) groups is 2. The minimum Gasteiger partial charge on any atom is -0.353 e. The molecule has 1 heterocycles. The van der Waals surface area contributed by atoms with E-state index in [1.54, 1.807) is 6.21 Å². The number of amides is 2. The summed E-state index contributed by atoms with van der Waals surface area (Å²) >= 11 is 0. The van der Waals surface area contributed by atoms with Crippen LogP contribution in [-0.2, 0) is 9.59 Å². The molecule has 0 radical (unpaired) electrons. The lowest BCUT2D eigenvalue weighted by atomic mass is 10.2. The zero-order chi connectivity index (χ0) is 13.7. The molecule has 1 saturated heterocycles. The minimum atomic E-state index is -0.872. The number of nitrogens with one attached hydrogen (secondary N) is 3. The van der Waals surface area contributed by atoms with Crippen LogP contribution < -0.4 is 16.1 Å². The van der Waals surface area contributed by atoms with Gasteiger partial charge in [-0.25, -0.2) is 5.43 Å². The molecule has 6 heteroatoms. The van der Waals surface area contributed by atoms with Gasteiger partial charge in [0.05, 0.1) is 6.21 Å². The fraction of sp³-hybridized carbons (Fsp3) is 0.308. The van der Waals surface area contributed by atoms with Crippen molar-refractivity contribution in [2.45, 2.75) is 13.0 Å². The van der Waals surface area contributed by atoms with E-state index >= 15 is 0 Å². The summed E-state index contributed by atoms with van der Waals surface area (Å²) in [5, 5.41) is 9.29. The van der Waals surface area contributed by atoms with Crippen LogP contribution in [-0.4, -0.2) is 37.2 Å². The largest absolute Gasteiger partial charge is 0.353 e. The van der Waals surface area contributed by atoms with Crippen LogP contribution in [0, 0.1) is 6.92 Å². The molecule has 1 aromatic rings. The second-order valence-electron chi connectivity index (χ2n) is 4.33. The highest BCUT2D eigenvalue weighted by atomic mass is 16.2. The van der Waals surface area contributed by atoms with Gasteiger partial charge in [-0.1, -0.05) is 29.8 Å². The number of rotatable bonds is 3. The molecule has 0 bridgehead atoms. The summed E-state index contributed by atoms with van der Waals surface area (Å²) < 4.78 is 0. The smallest absolute Gasteiger partial charge is 0.266 e. The van der Waals surface area contributed by atoms with Gasteiger partial charge in [-0.05, 0) is 12.5 Å². The van der Waals surface area contributed by atoms with Gasteiger partial charge in [0.2, 0.25) is 5.91 Å². The normalized spacial score (nSPS) is 19.2. The summed E-state index contributed by atoms with van der Waals surface area (Å²) in [5.41, 5.74) is 4.36. The molecule has 0 saturated carbocycles. The third-order valence-corrected chi connectivity index (χ3v) is 2.73. The Labute approximate surface area is 111 Å². The fourth-order valence-electron chi connectivity index (χ4n) is 1.79. The van der Waals surface area contributed by atoms with Crippen LogP contribution in [0.25, 0.3) is 0 Å².